The average molecular weight is 183 g/mol. The summed E-state index contributed by atoms with van der Waals surface area (Å²) in [6, 6.07) is 0.367. The van der Waals surface area contributed by atoms with Crippen molar-refractivity contribution in [2.75, 3.05) is 19.7 Å². The molecule has 2 atom stereocenters. The molecule has 2 heterocycles. The van der Waals surface area contributed by atoms with Crippen molar-refractivity contribution in [1.29, 1.82) is 0 Å². The van der Waals surface area contributed by atoms with E-state index in [1.165, 1.54) is 12.8 Å². The molecule has 0 aromatic heterocycles. The van der Waals surface area contributed by atoms with Crippen LogP contribution in [-0.4, -0.2) is 37.8 Å². The molecule has 2 aliphatic rings. The van der Waals surface area contributed by atoms with Crippen LogP contribution in [0.25, 0.3) is 0 Å². The third-order valence-electron chi connectivity index (χ3n) is 2.56. The number of guanidine groups is 1. The van der Waals surface area contributed by atoms with Gasteiger partial charge >= 0.3 is 0 Å². The van der Waals surface area contributed by atoms with E-state index in [1.807, 2.05) is 0 Å². The molecule has 1 saturated heterocycles. The molecule has 2 unspecified atom stereocenters. The van der Waals surface area contributed by atoms with Gasteiger partial charge in [-0.15, -0.1) is 0 Å². The minimum atomic E-state index is 0.366. The Morgan fingerprint density at radius 3 is 3.23 bits per heavy atom. The zero-order valence-electron chi connectivity index (χ0n) is 8.05. The van der Waals surface area contributed by atoms with Gasteiger partial charge in [0.2, 0.25) is 0 Å². The zero-order chi connectivity index (χ0) is 9.10. The van der Waals surface area contributed by atoms with E-state index in [-0.39, 0.29) is 0 Å². The quantitative estimate of drug-likeness (QED) is 0.638. The Bertz CT molecular complexity index is 199. The smallest absolute Gasteiger partial charge is 0.191 e. The van der Waals surface area contributed by atoms with E-state index >= 15 is 0 Å². The maximum atomic E-state index is 5.58. The van der Waals surface area contributed by atoms with Crippen LogP contribution in [-0.2, 0) is 4.74 Å². The van der Waals surface area contributed by atoms with Crippen LogP contribution in [0, 0.1) is 0 Å². The van der Waals surface area contributed by atoms with Crippen molar-refractivity contribution in [1.82, 2.24) is 10.6 Å². The molecule has 13 heavy (non-hydrogen) atoms. The molecule has 4 nitrogen and oxygen atoms in total. The summed E-state index contributed by atoms with van der Waals surface area (Å²) < 4.78 is 5.58. The Kier molecular flexibility index (Phi) is 2.68. The summed E-state index contributed by atoms with van der Waals surface area (Å²) in [6.07, 6.45) is 2.72. The fourth-order valence-electron chi connectivity index (χ4n) is 1.80. The molecule has 0 saturated carbocycles. The third-order valence-corrected chi connectivity index (χ3v) is 2.56. The third kappa shape index (κ3) is 2.12. The largest absolute Gasteiger partial charge is 0.376 e. The van der Waals surface area contributed by atoms with E-state index in [9.17, 15) is 0 Å². The molecule has 4 heteroatoms. The highest BCUT2D eigenvalue weighted by Crippen LogP contribution is 2.15. The average Bonchev–Trinajstić information content (AvgIpc) is 2.74. The molecule has 0 bridgehead atoms. The number of nitrogens with zero attached hydrogens (tertiary/aromatic N) is 1. The Balaban J connectivity index is 1.79. The fraction of sp³-hybridized carbons (Fsp3) is 0.889. The van der Waals surface area contributed by atoms with Crippen LogP contribution in [0.3, 0.4) is 0 Å². The van der Waals surface area contributed by atoms with Gasteiger partial charge < -0.3 is 15.4 Å². The molecular weight excluding hydrogens is 166 g/mol. The Labute approximate surface area is 78.8 Å². The normalized spacial score (nSPS) is 29.6. The number of nitrogens with one attached hydrogen (secondary N) is 2. The summed E-state index contributed by atoms with van der Waals surface area (Å²) >= 11 is 0. The predicted molar refractivity (Wildman–Crippen MR) is 51.9 cm³/mol. The molecule has 0 aromatic rings. The molecule has 0 radical (unpaired) electrons. The summed E-state index contributed by atoms with van der Waals surface area (Å²) in [5.41, 5.74) is 0. The van der Waals surface area contributed by atoms with Crippen molar-refractivity contribution in [3.63, 3.8) is 0 Å². The Morgan fingerprint density at radius 1 is 1.69 bits per heavy atom. The minimum Gasteiger partial charge on any atom is -0.376 e. The molecule has 0 aromatic carbocycles. The van der Waals surface area contributed by atoms with Crippen LogP contribution in [0.15, 0.2) is 4.99 Å². The first-order valence-corrected chi connectivity index (χ1v) is 5.03. The van der Waals surface area contributed by atoms with Crippen LogP contribution in [0.1, 0.15) is 19.8 Å². The van der Waals surface area contributed by atoms with Crippen LogP contribution in [0.4, 0.5) is 0 Å². The lowest BCUT2D eigenvalue weighted by Gasteiger charge is -2.20. The second kappa shape index (κ2) is 3.96. The number of hydrogen-bond acceptors (Lipinski definition) is 4. The van der Waals surface area contributed by atoms with Crippen LogP contribution in [0.2, 0.25) is 0 Å². The predicted octanol–water partition coefficient (Wildman–Crippen LogP) is 0.103. The standard InChI is InChI=1S/C9H17N3O/c1-7(8-3-2-6-13-8)12-9-10-4-5-11-9/h7-8H,2-6H2,1H3,(H2,10,11,12). The van der Waals surface area contributed by atoms with Gasteiger partial charge in [0.15, 0.2) is 5.96 Å². The van der Waals surface area contributed by atoms with E-state index in [4.69, 9.17) is 4.74 Å². The van der Waals surface area contributed by atoms with E-state index in [1.54, 1.807) is 0 Å². The van der Waals surface area contributed by atoms with Crippen molar-refractivity contribution < 1.29 is 4.74 Å². The van der Waals surface area contributed by atoms with Crippen molar-refractivity contribution in [3.05, 3.63) is 0 Å². The van der Waals surface area contributed by atoms with E-state index < -0.39 is 0 Å². The molecule has 0 amide bonds. The van der Waals surface area contributed by atoms with Crippen molar-refractivity contribution in [3.8, 4) is 0 Å². The van der Waals surface area contributed by atoms with Gasteiger partial charge in [0.25, 0.3) is 0 Å². The monoisotopic (exact) mass is 183 g/mol. The molecule has 1 fully saturated rings. The minimum absolute atomic E-state index is 0.366. The van der Waals surface area contributed by atoms with Gasteiger partial charge in [-0.25, -0.2) is 0 Å². The van der Waals surface area contributed by atoms with Gasteiger partial charge in [-0.2, -0.15) is 0 Å². The first-order valence-electron chi connectivity index (χ1n) is 5.03. The Hall–Kier alpha value is -0.770. The molecule has 74 valence electrons. The van der Waals surface area contributed by atoms with Crippen molar-refractivity contribution in [2.45, 2.75) is 31.9 Å². The number of rotatable bonds is 2. The lowest BCUT2D eigenvalue weighted by atomic mass is 10.1. The number of aliphatic imine (C=N–C) groups is 1. The van der Waals surface area contributed by atoms with E-state index in [2.05, 4.69) is 22.5 Å². The summed E-state index contributed by atoms with van der Waals surface area (Å²) in [6.45, 7) is 4.91. The topological polar surface area (TPSA) is 45.7 Å². The lowest BCUT2D eigenvalue weighted by Crippen LogP contribution is -2.45. The highest BCUT2D eigenvalue weighted by atomic mass is 16.5. The highest BCUT2D eigenvalue weighted by Gasteiger charge is 2.23. The summed E-state index contributed by atoms with van der Waals surface area (Å²) in [7, 11) is 0. The van der Waals surface area contributed by atoms with Gasteiger partial charge in [0, 0.05) is 13.2 Å². The van der Waals surface area contributed by atoms with Crippen LogP contribution >= 0.6 is 0 Å². The van der Waals surface area contributed by atoms with Gasteiger partial charge in [0.1, 0.15) is 0 Å². The second-order valence-corrected chi connectivity index (χ2v) is 3.64. The number of ether oxygens (including phenoxy) is 1. The first kappa shape index (κ1) is 8.81. The summed E-state index contributed by atoms with van der Waals surface area (Å²) in [5, 5.41) is 6.53. The van der Waals surface area contributed by atoms with Gasteiger partial charge in [-0.3, -0.25) is 4.99 Å². The molecule has 0 aliphatic carbocycles. The van der Waals surface area contributed by atoms with Crippen molar-refractivity contribution in [2.24, 2.45) is 4.99 Å². The first-order chi connectivity index (χ1) is 6.36. The maximum absolute atomic E-state index is 5.58. The van der Waals surface area contributed by atoms with Crippen LogP contribution in [0.5, 0.6) is 0 Å². The number of hydrogen-bond donors (Lipinski definition) is 2. The molecule has 2 rings (SSSR count). The van der Waals surface area contributed by atoms with E-state index in [0.717, 1.165) is 25.7 Å². The highest BCUT2D eigenvalue weighted by molar-refractivity contribution is 5.81. The second-order valence-electron chi connectivity index (χ2n) is 3.64. The summed E-state index contributed by atoms with van der Waals surface area (Å²) in [4.78, 5) is 4.29. The molecule has 2 N–H and O–H groups in total. The molecule has 2 aliphatic heterocycles. The fourth-order valence-corrected chi connectivity index (χ4v) is 1.80. The SMILES string of the molecule is CC(NC1=NCCN1)C1CCCO1. The summed E-state index contributed by atoms with van der Waals surface area (Å²) in [5.74, 6) is 0.933. The van der Waals surface area contributed by atoms with Crippen LogP contribution < -0.4 is 10.6 Å². The van der Waals surface area contributed by atoms with Gasteiger partial charge in [0.05, 0.1) is 18.7 Å². The van der Waals surface area contributed by atoms with E-state index in [0.29, 0.717) is 12.1 Å². The maximum Gasteiger partial charge on any atom is 0.191 e. The van der Waals surface area contributed by atoms with Crippen molar-refractivity contribution >= 4 is 5.96 Å². The van der Waals surface area contributed by atoms with Gasteiger partial charge in [-0.05, 0) is 19.8 Å². The molecular formula is C9H17N3O. The zero-order valence-corrected chi connectivity index (χ0v) is 8.05. The van der Waals surface area contributed by atoms with Gasteiger partial charge in [-0.1, -0.05) is 0 Å². The molecule has 0 spiro atoms. The lowest BCUT2D eigenvalue weighted by molar-refractivity contribution is 0.0891. The Morgan fingerprint density at radius 2 is 2.62 bits per heavy atom.